The van der Waals surface area contributed by atoms with E-state index in [-0.39, 0.29) is 47.5 Å². The van der Waals surface area contributed by atoms with Gasteiger partial charge in [0.2, 0.25) is 11.8 Å². The van der Waals surface area contributed by atoms with Crippen molar-refractivity contribution in [3.05, 3.63) is 80.3 Å². The maximum Gasteiger partial charge on any atom is 0.317 e. The van der Waals surface area contributed by atoms with Crippen LogP contribution >= 0.6 is 0 Å². The molecule has 2 aromatic carbocycles. The number of pyridine rings is 1. The lowest BCUT2D eigenvalue weighted by atomic mass is 9.77. The van der Waals surface area contributed by atoms with E-state index >= 15 is 0 Å². The number of aryl methyl sites for hydroxylation is 1. The van der Waals surface area contributed by atoms with Crippen LogP contribution in [-0.2, 0) is 36.1 Å². The van der Waals surface area contributed by atoms with Gasteiger partial charge < -0.3 is 24.3 Å². The predicted molar refractivity (Wildman–Crippen MR) is 226 cm³/mol. The maximum absolute atomic E-state index is 13.4. The molecule has 3 fully saturated rings. The summed E-state index contributed by atoms with van der Waals surface area (Å²) in [6, 6.07) is 7.81. The third-order valence-electron chi connectivity index (χ3n) is 13.5. The molecule has 3 saturated heterocycles. The van der Waals surface area contributed by atoms with Gasteiger partial charge in [-0.2, -0.15) is 0 Å². The highest BCUT2D eigenvalue weighted by molar-refractivity contribution is 6.23. The number of piperidine rings is 2. The Balaban J connectivity index is 0.924. The summed E-state index contributed by atoms with van der Waals surface area (Å²) >= 11 is 0. The molecule has 5 aliphatic heterocycles. The lowest BCUT2D eigenvalue weighted by Gasteiger charge is -2.41. The first-order valence-electron chi connectivity index (χ1n) is 21.0. The van der Waals surface area contributed by atoms with Crippen LogP contribution in [0.2, 0.25) is 0 Å². The number of methoxy groups -OCH3 is 2. The molecule has 2 N–H and O–H groups in total. The summed E-state index contributed by atoms with van der Waals surface area (Å²) in [4.78, 5) is 83.9. The molecule has 1 atom stereocenters. The zero-order valence-electron chi connectivity index (χ0n) is 35.7. The van der Waals surface area contributed by atoms with Crippen LogP contribution in [0.3, 0.4) is 0 Å². The third-order valence-corrected chi connectivity index (χ3v) is 13.5. The van der Waals surface area contributed by atoms with E-state index in [1.165, 1.54) is 0 Å². The Morgan fingerprint density at radius 1 is 0.902 bits per heavy atom. The number of rotatable bonds is 7. The molecule has 5 aliphatic rings. The van der Waals surface area contributed by atoms with E-state index < -0.39 is 35.2 Å². The predicted octanol–water partition coefficient (Wildman–Crippen LogP) is 3.29. The Labute approximate surface area is 355 Å². The van der Waals surface area contributed by atoms with Gasteiger partial charge in [-0.05, 0) is 106 Å². The second-order valence-corrected chi connectivity index (χ2v) is 17.5. The number of ether oxygens (including phenoxy) is 2. The first-order valence-corrected chi connectivity index (χ1v) is 21.0. The Morgan fingerprint density at radius 2 is 1.59 bits per heavy atom. The summed E-state index contributed by atoms with van der Waals surface area (Å²) in [6.45, 7) is 9.34. The van der Waals surface area contributed by atoms with Crippen molar-refractivity contribution in [2.24, 2.45) is 12.5 Å². The van der Waals surface area contributed by atoms with Gasteiger partial charge >= 0.3 is 6.03 Å². The molecule has 320 valence electrons. The number of aromatic nitrogens is 1. The van der Waals surface area contributed by atoms with Gasteiger partial charge in [0.05, 0.1) is 43.0 Å². The van der Waals surface area contributed by atoms with Gasteiger partial charge in [0.15, 0.2) is 0 Å². The van der Waals surface area contributed by atoms with Gasteiger partial charge in [-0.25, -0.2) is 4.79 Å². The van der Waals surface area contributed by atoms with Crippen molar-refractivity contribution < 1.29 is 33.4 Å². The lowest BCUT2D eigenvalue weighted by Crippen LogP contribution is -2.54. The molecule has 1 aromatic heterocycles. The second-order valence-electron chi connectivity index (χ2n) is 17.5. The van der Waals surface area contributed by atoms with Gasteiger partial charge in [0, 0.05) is 69.6 Å². The van der Waals surface area contributed by atoms with Crippen LogP contribution in [0.4, 0.5) is 4.79 Å². The fourth-order valence-corrected chi connectivity index (χ4v) is 9.76. The molecule has 0 bridgehead atoms. The lowest BCUT2D eigenvalue weighted by molar-refractivity contribution is -0.136. The molecule has 15 nitrogen and oxygen atoms in total. The summed E-state index contributed by atoms with van der Waals surface area (Å²) in [5.74, 6) is 6.03. The molecule has 3 aromatic rings. The van der Waals surface area contributed by atoms with Gasteiger partial charge in [0.25, 0.3) is 17.4 Å². The molecule has 0 radical (unpaired) electrons. The normalized spacial score (nSPS) is 20.3. The summed E-state index contributed by atoms with van der Waals surface area (Å²) in [6.07, 6.45) is 5.75. The van der Waals surface area contributed by atoms with E-state index in [2.05, 4.69) is 46.1 Å². The number of benzene rings is 2. The van der Waals surface area contributed by atoms with Gasteiger partial charge in [-0.15, -0.1) is 0 Å². The highest BCUT2D eigenvalue weighted by Crippen LogP contribution is 2.44. The van der Waals surface area contributed by atoms with Crippen molar-refractivity contribution in [3.8, 4) is 34.5 Å². The zero-order valence-corrected chi connectivity index (χ0v) is 35.7. The average molecular weight is 832 g/mol. The standard InChI is InChI=1S/C46H53N7O8/c1-45(2,13-11-28-7-8-31-32(21-28)43(58)53(42(31)57)36-9-10-39(54)48-40(36)55)52-20-16-46(27-52)14-18-50(19-15-46)25-35-37(60-5)22-29(23-38(35)61-6)33-24-49(4)41(56)34-26-51(44(59)47-3)17-12-30(33)34/h7-8,21-24,36H,9-10,12,14-20,25-27H2,1-6H3,(H,47,59)(H,48,54,55). The van der Waals surface area contributed by atoms with Crippen molar-refractivity contribution in [1.82, 2.24) is 34.8 Å². The van der Waals surface area contributed by atoms with Crippen LogP contribution in [0.5, 0.6) is 11.5 Å². The smallest absolute Gasteiger partial charge is 0.317 e. The van der Waals surface area contributed by atoms with E-state index in [0.717, 1.165) is 84.1 Å². The van der Waals surface area contributed by atoms with E-state index in [4.69, 9.17) is 9.47 Å². The molecule has 1 unspecified atom stereocenters. The highest BCUT2D eigenvalue weighted by Gasteiger charge is 2.46. The molecule has 8 rings (SSSR count). The number of imide groups is 2. The van der Waals surface area contributed by atoms with Crippen LogP contribution in [0, 0.1) is 17.3 Å². The minimum absolute atomic E-state index is 0.0675. The van der Waals surface area contributed by atoms with E-state index in [1.807, 2.05) is 18.3 Å². The first-order chi connectivity index (χ1) is 29.2. The molecular formula is C46H53N7O8. The number of nitrogens with zero attached hydrogens (tertiary/aromatic N) is 5. The Kier molecular flexibility index (Phi) is 11.0. The van der Waals surface area contributed by atoms with Crippen LogP contribution in [-0.4, -0.2) is 119 Å². The van der Waals surface area contributed by atoms with Crippen molar-refractivity contribution in [2.75, 3.05) is 54.0 Å². The fraction of sp³-hybridized carbons (Fsp3) is 0.478. The van der Waals surface area contributed by atoms with Gasteiger partial charge in [0.1, 0.15) is 17.5 Å². The van der Waals surface area contributed by atoms with E-state index in [9.17, 15) is 28.8 Å². The molecule has 0 aliphatic carbocycles. The minimum Gasteiger partial charge on any atom is -0.496 e. The molecule has 6 heterocycles. The number of urea groups is 1. The van der Waals surface area contributed by atoms with Crippen LogP contribution in [0.15, 0.2) is 41.3 Å². The van der Waals surface area contributed by atoms with Crippen LogP contribution in [0.25, 0.3) is 11.1 Å². The summed E-state index contributed by atoms with van der Waals surface area (Å²) in [5.41, 5.74) is 5.03. The fourth-order valence-electron chi connectivity index (χ4n) is 9.76. The minimum atomic E-state index is -1.01. The number of amides is 6. The Bertz CT molecular complexity index is 2450. The highest BCUT2D eigenvalue weighted by atomic mass is 16.5. The number of carbonyl (C=O) groups excluding carboxylic acids is 5. The van der Waals surface area contributed by atoms with Crippen LogP contribution in [0.1, 0.15) is 88.9 Å². The van der Waals surface area contributed by atoms with Gasteiger partial charge in [-0.3, -0.25) is 44.0 Å². The number of hydrogen-bond donors (Lipinski definition) is 2. The number of nitrogens with one attached hydrogen (secondary N) is 2. The molecule has 15 heteroatoms. The Morgan fingerprint density at radius 3 is 2.26 bits per heavy atom. The molecule has 61 heavy (non-hydrogen) atoms. The summed E-state index contributed by atoms with van der Waals surface area (Å²) < 4.78 is 13.6. The van der Waals surface area contributed by atoms with E-state index in [0.29, 0.717) is 30.6 Å². The molecule has 1 spiro atoms. The number of likely N-dealkylation sites (tertiary alicyclic amines) is 2. The van der Waals surface area contributed by atoms with Crippen molar-refractivity contribution >= 4 is 29.7 Å². The van der Waals surface area contributed by atoms with E-state index in [1.54, 1.807) is 56.0 Å². The third kappa shape index (κ3) is 7.67. The van der Waals surface area contributed by atoms with Crippen molar-refractivity contribution in [3.63, 3.8) is 0 Å². The van der Waals surface area contributed by atoms with Gasteiger partial charge in [-0.1, -0.05) is 11.8 Å². The second kappa shape index (κ2) is 16.1. The summed E-state index contributed by atoms with van der Waals surface area (Å²) in [7, 11) is 6.67. The summed E-state index contributed by atoms with van der Waals surface area (Å²) in [5, 5.41) is 4.90. The first kappa shape index (κ1) is 41.7. The number of fused-ring (bicyclic) bond motifs is 2. The Hall–Kier alpha value is -5.98. The molecule has 0 saturated carbocycles. The largest absolute Gasteiger partial charge is 0.496 e. The zero-order chi connectivity index (χ0) is 43.4. The number of hydrogen-bond acceptors (Lipinski definition) is 10. The molecule has 6 amide bonds. The monoisotopic (exact) mass is 831 g/mol. The molecular weight excluding hydrogens is 779 g/mol. The maximum atomic E-state index is 13.4. The average Bonchev–Trinajstić information content (AvgIpc) is 3.79. The quantitative estimate of drug-likeness (QED) is 0.267. The topological polar surface area (TPSA) is 163 Å². The number of carbonyl (C=O) groups is 5. The van der Waals surface area contributed by atoms with Crippen LogP contribution < -0.4 is 25.7 Å². The van der Waals surface area contributed by atoms with Crippen molar-refractivity contribution in [1.29, 1.82) is 0 Å². The van der Waals surface area contributed by atoms with Crippen molar-refractivity contribution in [2.45, 2.75) is 77.0 Å². The SMILES string of the molecule is CNC(=O)N1CCc2c(-c3cc(OC)c(CN4CCC5(CC4)CCN(C(C)(C)C#Cc4ccc6c(c4)C(=O)N(C4CCC(=O)NC4=O)C6=O)C5)c(OC)c3)cn(C)c(=O)c2C1.